The first kappa shape index (κ1) is 20.9. The van der Waals surface area contributed by atoms with Crippen LogP contribution in [0.25, 0.3) is 22.0 Å². The predicted octanol–water partition coefficient (Wildman–Crippen LogP) is 8.08. The van der Waals surface area contributed by atoms with Crippen molar-refractivity contribution in [3.8, 4) is 11.3 Å². The zero-order valence-corrected chi connectivity index (χ0v) is 17.6. The van der Waals surface area contributed by atoms with Crippen molar-refractivity contribution < 1.29 is 13.2 Å². The molecule has 1 aliphatic carbocycles. The molecule has 0 amide bonds. The summed E-state index contributed by atoms with van der Waals surface area (Å²) in [6.45, 7) is 2.51. The Morgan fingerprint density at radius 1 is 0.933 bits per heavy atom. The largest absolute Gasteiger partial charge is 0.394 e. The third-order valence-electron chi connectivity index (χ3n) is 6.47. The predicted molar refractivity (Wildman–Crippen MR) is 117 cm³/mol. The van der Waals surface area contributed by atoms with Crippen LogP contribution in [-0.2, 0) is 6.42 Å². The highest BCUT2D eigenvalue weighted by Gasteiger charge is 2.47. The SMILES string of the molecule is CC(C)(Cc1ccnc(-c2cc(C3CCCCC3)c3ccccc3c2)c1)C(F)(F)F. The Kier molecular flexibility index (Phi) is 5.61. The molecule has 4 rings (SSSR count). The summed E-state index contributed by atoms with van der Waals surface area (Å²) in [5.74, 6) is 0.538. The first-order valence-corrected chi connectivity index (χ1v) is 10.8. The van der Waals surface area contributed by atoms with Gasteiger partial charge in [-0.3, -0.25) is 4.98 Å². The molecular weight excluding hydrogens is 383 g/mol. The maximum atomic E-state index is 13.4. The first-order chi connectivity index (χ1) is 14.2. The lowest BCUT2D eigenvalue weighted by Crippen LogP contribution is -2.34. The Labute approximate surface area is 176 Å². The fourth-order valence-electron chi connectivity index (χ4n) is 4.59. The number of hydrogen-bond donors (Lipinski definition) is 0. The Balaban J connectivity index is 1.75. The maximum Gasteiger partial charge on any atom is 0.394 e. The van der Waals surface area contributed by atoms with Crippen LogP contribution in [0.1, 0.15) is 63.0 Å². The second-order valence-corrected chi connectivity index (χ2v) is 9.23. The minimum Gasteiger partial charge on any atom is -0.256 e. The van der Waals surface area contributed by atoms with E-state index >= 15 is 0 Å². The summed E-state index contributed by atoms with van der Waals surface area (Å²) in [5.41, 5.74) is 1.97. The Bertz CT molecular complexity index is 1030. The molecule has 1 saturated carbocycles. The van der Waals surface area contributed by atoms with Gasteiger partial charge in [-0.05, 0) is 71.3 Å². The number of rotatable bonds is 4. The number of benzene rings is 2. The summed E-state index contributed by atoms with van der Waals surface area (Å²) in [5, 5.41) is 2.45. The minimum atomic E-state index is -4.24. The lowest BCUT2D eigenvalue weighted by atomic mass is 9.81. The van der Waals surface area contributed by atoms with Crippen LogP contribution in [0.15, 0.2) is 54.7 Å². The number of nitrogens with zero attached hydrogens (tertiary/aromatic N) is 1. The average Bonchev–Trinajstić information content (AvgIpc) is 2.72. The van der Waals surface area contributed by atoms with E-state index in [9.17, 15) is 13.2 Å². The molecule has 4 heteroatoms. The van der Waals surface area contributed by atoms with Crippen molar-refractivity contribution in [2.45, 2.75) is 64.5 Å². The zero-order valence-electron chi connectivity index (χ0n) is 17.6. The smallest absolute Gasteiger partial charge is 0.256 e. The summed E-state index contributed by atoms with van der Waals surface area (Å²) in [7, 11) is 0. The zero-order chi connectivity index (χ0) is 21.4. The van der Waals surface area contributed by atoms with Gasteiger partial charge in [0.2, 0.25) is 0 Å². The highest BCUT2D eigenvalue weighted by molar-refractivity contribution is 5.90. The van der Waals surface area contributed by atoms with Crippen molar-refractivity contribution in [3.63, 3.8) is 0 Å². The van der Waals surface area contributed by atoms with E-state index in [0.29, 0.717) is 11.5 Å². The van der Waals surface area contributed by atoms with Crippen molar-refractivity contribution in [3.05, 3.63) is 65.9 Å². The molecule has 3 aromatic rings. The van der Waals surface area contributed by atoms with Crippen molar-refractivity contribution in [2.24, 2.45) is 5.41 Å². The summed E-state index contributed by atoms with van der Waals surface area (Å²) in [6.07, 6.45) is 3.52. The fraction of sp³-hybridized carbons (Fsp3) is 0.423. The second-order valence-electron chi connectivity index (χ2n) is 9.23. The molecule has 2 aromatic carbocycles. The number of hydrogen-bond acceptors (Lipinski definition) is 1. The van der Waals surface area contributed by atoms with Crippen LogP contribution in [0.5, 0.6) is 0 Å². The molecule has 0 bridgehead atoms. The molecule has 0 saturated heterocycles. The highest BCUT2D eigenvalue weighted by Crippen LogP contribution is 2.41. The molecule has 1 fully saturated rings. The fourth-order valence-corrected chi connectivity index (χ4v) is 4.59. The maximum absolute atomic E-state index is 13.4. The molecule has 0 atom stereocenters. The van der Waals surface area contributed by atoms with Crippen LogP contribution < -0.4 is 0 Å². The molecule has 0 spiro atoms. The second kappa shape index (κ2) is 8.05. The summed E-state index contributed by atoms with van der Waals surface area (Å²) >= 11 is 0. The molecule has 30 heavy (non-hydrogen) atoms. The normalized spacial score (nSPS) is 16.2. The number of aromatic nitrogens is 1. The number of alkyl halides is 3. The van der Waals surface area contributed by atoms with E-state index in [1.807, 2.05) is 12.1 Å². The van der Waals surface area contributed by atoms with Gasteiger partial charge in [-0.1, -0.05) is 57.4 Å². The van der Waals surface area contributed by atoms with Crippen molar-refractivity contribution in [2.75, 3.05) is 0 Å². The summed E-state index contributed by atoms with van der Waals surface area (Å²) < 4.78 is 40.1. The standard InChI is InChI=1S/C26H28F3N/c1-25(2,26(27,28)29)17-18-12-13-30-24(14-18)21-15-20-10-6-7-11-22(20)23(16-21)19-8-4-3-5-9-19/h6-7,10-16,19H,3-5,8-9,17H2,1-2H3. The van der Waals surface area contributed by atoms with Gasteiger partial charge in [0.25, 0.3) is 0 Å². The quantitative estimate of drug-likeness (QED) is 0.423. The molecule has 158 valence electrons. The molecule has 0 aliphatic heterocycles. The van der Waals surface area contributed by atoms with E-state index < -0.39 is 11.6 Å². The molecule has 1 nitrogen and oxygen atoms in total. The third kappa shape index (κ3) is 4.23. The van der Waals surface area contributed by atoms with Gasteiger partial charge >= 0.3 is 6.18 Å². The van der Waals surface area contributed by atoms with Crippen molar-refractivity contribution in [1.82, 2.24) is 4.98 Å². The Hall–Kier alpha value is -2.36. The van der Waals surface area contributed by atoms with E-state index in [1.165, 1.54) is 62.3 Å². The molecular formula is C26H28F3N. The number of fused-ring (bicyclic) bond motifs is 1. The van der Waals surface area contributed by atoms with Gasteiger partial charge in [0.15, 0.2) is 0 Å². The van der Waals surface area contributed by atoms with Gasteiger partial charge in [-0.25, -0.2) is 0 Å². The van der Waals surface area contributed by atoms with Crippen LogP contribution in [0.2, 0.25) is 0 Å². The van der Waals surface area contributed by atoms with Crippen LogP contribution in [-0.4, -0.2) is 11.2 Å². The average molecular weight is 412 g/mol. The molecule has 1 aliphatic rings. The Morgan fingerprint density at radius 3 is 2.40 bits per heavy atom. The number of pyridine rings is 1. The van der Waals surface area contributed by atoms with E-state index in [-0.39, 0.29) is 6.42 Å². The van der Waals surface area contributed by atoms with Gasteiger partial charge in [0, 0.05) is 11.8 Å². The lowest BCUT2D eigenvalue weighted by molar-refractivity contribution is -0.211. The van der Waals surface area contributed by atoms with Crippen molar-refractivity contribution in [1.29, 1.82) is 0 Å². The minimum absolute atomic E-state index is 0.0604. The number of halogens is 3. The lowest BCUT2D eigenvalue weighted by Gasteiger charge is -2.27. The monoisotopic (exact) mass is 411 g/mol. The third-order valence-corrected chi connectivity index (χ3v) is 6.47. The first-order valence-electron chi connectivity index (χ1n) is 10.8. The van der Waals surface area contributed by atoms with E-state index in [4.69, 9.17) is 0 Å². The molecule has 0 radical (unpaired) electrons. The highest BCUT2D eigenvalue weighted by atomic mass is 19.4. The van der Waals surface area contributed by atoms with Gasteiger partial charge in [-0.15, -0.1) is 0 Å². The molecule has 0 N–H and O–H groups in total. The van der Waals surface area contributed by atoms with Crippen LogP contribution in [0, 0.1) is 5.41 Å². The van der Waals surface area contributed by atoms with Crippen LogP contribution in [0.3, 0.4) is 0 Å². The van der Waals surface area contributed by atoms with Gasteiger partial charge in [0.1, 0.15) is 0 Å². The van der Waals surface area contributed by atoms with Crippen LogP contribution in [0.4, 0.5) is 13.2 Å². The van der Waals surface area contributed by atoms with Gasteiger partial charge < -0.3 is 0 Å². The summed E-state index contributed by atoms with van der Waals surface area (Å²) in [4.78, 5) is 4.51. The van der Waals surface area contributed by atoms with E-state index in [2.05, 4.69) is 35.3 Å². The topological polar surface area (TPSA) is 12.9 Å². The van der Waals surface area contributed by atoms with Crippen molar-refractivity contribution >= 4 is 10.8 Å². The van der Waals surface area contributed by atoms with Crippen LogP contribution >= 0.6 is 0 Å². The Morgan fingerprint density at radius 2 is 1.67 bits per heavy atom. The molecule has 1 aromatic heterocycles. The van der Waals surface area contributed by atoms with Gasteiger partial charge in [-0.2, -0.15) is 13.2 Å². The molecule has 0 unspecified atom stereocenters. The van der Waals surface area contributed by atoms with E-state index in [0.717, 1.165) is 11.3 Å². The van der Waals surface area contributed by atoms with Gasteiger partial charge in [0.05, 0.1) is 11.1 Å². The van der Waals surface area contributed by atoms with E-state index in [1.54, 1.807) is 12.3 Å². The molecule has 1 heterocycles. The summed E-state index contributed by atoms with van der Waals surface area (Å²) in [6, 6.07) is 16.3.